The zero-order valence-corrected chi connectivity index (χ0v) is 24.9. The van der Waals surface area contributed by atoms with E-state index in [1.54, 1.807) is 79.7 Å². The van der Waals surface area contributed by atoms with Crippen LogP contribution in [0.2, 0.25) is 0 Å². The van der Waals surface area contributed by atoms with E-state index < -0.39 is 22.5 Å². The number of carbonyl (C=O) groups is 2. The lowest BCUT2D eigenvalue weighted by atomic mass is 10.0. The van der Waals surface area contributed by atoms with E-state index in [4.69, 9.17) is 0 Å². The molecular formula is C33H34N4O4S. The Kier molecular flexibility index (Phi) is 9.54. The molecule has 42 heavy (non-hydrogen) atoms. The molecule has 0 saturated carbocycles. The Bertz CT molecular complexity index is 1670. The monoisotopic (exact) mass is 582 g/mol. The number of amides is 2. The number of carbonyl (C=O) groups excluding carboxylic acids is 2. The molecule has 4 aromatic carbocycles. The summed E-state index contributed by atoms with van der Waals surface area (Å²) in [6.45, 7) is 7.25. The first-order chi connectivity index (χ1) is 20.0. The first-order valence-corrected chi connectivity index (χ1v) is 15.0. The standard InChI is InChI=1S/C33H34N4O4S/c1-23(2)26-14-18-30(19-15-26)37(42(40,41)31-20-10-24(3)11-21-31)22-32(38)36-35-25(4)27-12-16-29(17-13-27)34-33(39)28-8-6-5-7-9-28/h5-21,23H,22H2,1-4H3,(H,34,39)(H,36,38)/b35-25-. The summed E-state index contributed by atoms with van der Waals surface area (Å²) in [7, 11) is -4.04. The average molecular weight is 583 g/mol. The van der Waals surface area contributed by atoms with Crippen molar-refractivity contribution < 1.29 is 18.0 Å². The molecule has 0 saturated heterocycles. The molecular weight excluding hydrogens is 548 g/mol. The molecule has 0 fully saturated rings. The van der Waals surface area contributed by atoms with Gasteiger partial charge in [-0.15, -0.1) is 0 Å². The van der Waals surface area contributed by atoms with Gasteiger partial charge in [-0.3, -0.25) is 13.9 Å². The highest BCUT2D eigenvalue weighted by atomic mass is 32.2. The first kappa shape index (κ1) is 30.2. The zero-order valence-electron chi connectivity index (χ0n) is 24.0. The summed E-state index contributed by atoms with van der Waals surface area (Å²) < 4.78 is 28.4. The molecule has 4 aromatic rings. The summed E-state index contributed by atoms with van der Waals surface area (Å²) in [5, 5.41) is 7.03. The fraction of sp³-hybridized carbons (Fsp3) is 0.182. The van der Waals surface area contributed by atoms with Crippen LogP contribution in [0.5, 0.6) is 0 Å². The Morgan fingerprint density at radius 1 is 0.810 bits per heavy atom. The van der Waals surface area contributed by atoms with Gasteiger partial charge in [0.2, 0.25) is 0 Å². The van der Waals surface area contributed by atoms with Crippen LogP contribution < -0.4 is 15.0 Å². The molecule has 0 unspecified atom stereocenters. The number of hydrogen-bond donors (Lipinski definition) is 2. The Morgan fingerprint density at radius 2 is 1.43 bits per heavy atom. The minimum absolute atomic E-state index is 0.0907. The molecule has 0 aliphatic carbocycles. The number of benzene rings is 4. The predicted molar refractivity (Wildman–Crippen MR) is 167 cm³/mol. The molecule has 2 N–H and O–H groups in total. The minimum Gasteiger partial charge on any atom is -0.322 e. The van der Waals surface area contributed by atoms with Crippen LogP contribution in [0.4, 0.5) is 11.4 Å². The van der Waals surface area contributed by atoms with E-state index in [1.807, 2.05) is 25.1 Å². The normalized spacial score (nSPS) is 11.7. The Balaban J connectivity index is 1.48. The van der Waals surface area contributed by atoms with Crippen molar-refractivity contribution in [1.82, 2.24) is 5.43 Å². The summed E-state index contributed by atoms with van der Waals surface area (Å²) in [6, 6.07) is 29.6. The highest BCUT2D eigenvalue weighted by Crippen LogP contribution is 2.26. The van der Waals surface area contributed by atoms with E-state index >= 15 is 0 Å². The van der Waals surface area contributed by atoms with Crippen LogP contribution in [0.15, 0.2) is 113 Å². The van der Waals surface area contributed by atoms with Gasteiger partial charge in [-0.2, -0.15) is 5.10 Å². The van der Waals surface area contributed by atoms with Crippen molar-refractivity contribution in [3.05, 3.63) is 125 Å². The predicted octanol–water partition coefficient (Wildman–Crippen LogP) is 6.11. The van der Waals surface area contributed by atoms with Crippen molar-refractivity contribution in [2.75, 3.05) is 16.2 Å². The van der Waals surface area contributed by atoms with Gasteiger partial charge < -0.3 is 5.32 Å². The third-order valence-corrected chi connectivity index (χ3v) is 8.48. The topological polar surface area (TPSA) is 108 Å². The lowest BCUT2D eigenvalue weighted by molar-refractivity contribution is -0.119. The molecule has 216 valence electrons. The number of anilines is 2. The van der Waals surface area contributed by atoms with Gasteiger partial charge in [0.25, 0.3) is 21.8 Å². The van der Waals surface area contributed by atoms with Crippen LogP contribution in [0.3, 0.4) is 0 Å². The average Bonchev–Trinajstić information content (AvgIpc) is 2.99. The van der Waals surface area contributed by atoms with Gasteiger partial charge in [-0.25, -0.2) is 13.8 Å². The van der Waals surface area contributed by atoms with Crippen LogP contribution in [0.1, 0.15) is 53.7 Å². The maximum absolute atomic E-state index is 13.6. The Morgan fingerprint density at radius 3 is 2.02 bits per heavy atom. The van der Waals surface area contributed by atoms with Gasteiger partial charge in [-0.1, -0.05) is 74.0 Å². The third kappa shape index (κ3) is 7.50. The van der Waals surface area contributed by atoms with Gasteiger partial charge >= 0.3 is 0 Å². The van der Waals surface area contributed by atoms with Crippen molar-refractivity contribution in [2.24, 2.45) is 5.10 Å². The SMILES string of the molecule is C/C(=N/NC(=O)CN(c1ccc(C(C)C)cc1)S(=O)(=O)c1ccc(C)cc1)c1ccc(NC(=O)c2ccccc2)cc1. The van der Waals surface area contributed by atoms with E-state index in [2.05, 4.69) is 29.7 Å². The highest BCUT2D eigenvalue weighted by Gasteiger charge is 2.27. The van der Waals surface area contributed by atoms with Crippen molar-refractivity contribution in [3.8, 4) is 0 Å². The van der Waals surface area contributed by atoms with Gasteiger partial charge in [0.05, 0.1) is 16.3 Å². The summed E-state index contributed by atoms with van der Waals surface area (Å²) in [6.07, 6.45) is 0. The van der Waals surface area contributed by atoms with Gasteiger partial charge in [0, 0.05) is 11.3 Å². The molecule has 0 aromatic heterocycles. The molecule has 0 aliphatic rings. The van der Waals surface area contributed by atoms with Gasteiger partial charge in [0.15, 0.2) is 0 Å². The number of aryl methyl sites for hydroxylation is 1. The van der Waals surface area contributed by atoms with Crippen LogP contribution in [-0.2, 0) is 14.8 Å². The third-order valence-electron chi connectivity index (χ3n) is 6.69. The molecule has 8 nitrogen and oxygen atoms in total. The van der Waals surface area contributed by atoms with Crippen molar-refractivity contribution >= 4 is 38.9 Å². The van der Waals surface area contributed by atoms with Gasteiger partial charge in [-0.05, 0) is 79.4 Å². The maximum Gasteiger partial charge on any atom is 0.264 e. The second-order valence-electron chi connectivity index (χ2n) is 10.2. The fourth-order valence-corrected chi connectivity index (χ4v) is 5.56. The number of hydrogen-bond acceptors (Lipinski definition) is 5. The Labute approximate surface area is 247 Å². The van der Waals surface area contributed by atoms with Crippen LogP contribution in [-0.4, -0.2) is 32.5 Å². The molecule has 0 heterocycles. The molecule has 2 amide bonds. The van der Waals surface area contributed by atoms with Crippen molar-refractivity contribution in [1.29, 1.82) is 0 Å². The summed E-state index contributed by atoms with van der Waals surface area (Å²) in [5.41, 5.74) is 7.25. The number of nitrogens with one attached hydrogen (secondary N) is 2. The van der Waals surface area contributed by atoms with E-state index in [1.165, 1.54) is 12.1 Å². The van der Waals surface area contributed by atoms with E-state index in [0.717, 1.165) is 21.0 Å². The summed E-state index contributed by atoms with van der Waals surface area (Å²) >= 11 is 0. The number of rotatable bonds is 10. The zero-order chi connectivity index (χ0) is 30.3. The van der Waals surface area contributed by atoms with Crippen molar-refractivity contribution in [2.45, 2.75) is 38.5 Å². The van der Waals surface area contributed by atoms with Crippen LogP contribution >= 0.6 is 0 Å². The smallest absolute Gasteiger partial charge is 0.264 e. The lowest BCUT2D eigenvalue weighted by Gasteiger charge is -2.24. The number of nitrogens with zero attached hydrogens (tertiary/aromatic N) is 2. The van der Waals surface area contributed by atoms with Crippen molar-refractivity contribution in [3.63, 3.8) is 0 Å². The molecule has 0 radical (unpaired) electrons. The minimum atomic E-state index is -4.04. The highest BCUT2D eigenvalue weighted by molar-refractivity contribution is 7.92. The maximum atomic E-state index is 13.6. The van der Waals surface area contributed by atoms with E-state index in [9.17, 15) is 18.0 Å². The lowest BCUT2D eigenvalue weighted by Crippen LogP contribution is -2.39. The quantitative estimate of drug-likeness (QED) is 0.174. The number of sulfonamides is 1. The largest absolute Gasteiger partial charge is 0.322 e. The number of hydrazone groups is 1. The molecule has 4 rings (SSSR count). The van der Waals surface area contributed by atoms with E-state index in [-0.39, 0.29) is 16.7 Å². The summed E-state index contributed by atoms with van der Waals surface area (Å²) in [5.74, 6) is -0.536. The Hall–Kier alpha value is -4.76. The second-order valence-corrected chi connectivity index (χ2v) is 12.1. The summed E-state index contributed by atoms with van der Waals surface area (Å²) in [4.78, 5) is 25.5. The molecule has 0 spiro atoms. The van der Waals surface area contributed by atoms with E-state index in [0.29, 0.717) is 22.6 Å². The van der Waals surface area contributed by atoms with Gasteiger partial charge in [0.1, 0.15) is 6.54 Å². The fourth-order valence-electron chi connectivity index (χ4n) is 4.14. The molecule has 9 heteroatoms. The van der Waals surface area contributed by atoms with Crippen LogP contribution in [0.25, 0.3) is 0 Å². The molecule has 0 atom stereocenters. The molecule has 0 bridgehead atoms. The molecule has 0 aliphatic heterocycles. The second kappa shape index (κ2) is 13.3. The first-order valence-electron chi connectivity index (χ1n) is 13.5. The van der Waals surface area contributed by atoms with Crippen LogP contribution in [0, 0.1) is 6.92 Å².